The number of ether oxygens (including phenoxy) is 1. The van der Waals surface area contributed by atoms with Crippen molar-refractivity contribution < 1.29 is 31.5 Å². The molecule has 3 aromatic carbocycles. The number of anilines is 1. The van der Waals surface area contributed by atoms with Gasteiger partial charge in [0.15, 0.2) is 0 Å². The highest BCUT2D eigenvalue weighted by Crippen LogP contribution is 2.29. The van der Waals surface area contributed by atoms with Gasteiger partial charge in [0, 0.05) is 34.9 Å². The third-order valence-corrected chi connectivity index (χ3v) is 6.87. The molecule has 0 saturated heterocycles. The minimum Gasteiger partial charge on any atom is -0.772 e. The first-order valence-electron chi connectivity index (χ1n) is 12.5. The SMILES string of the molecule is Cc1c(C(=O)Nc2ccc(CS(=O)[O-])cc2)cc(CCOCc2ccccc2)n1-c1ccccc1CC(F)(F)F. The monoisotopic (exact) mass is 569 g/mol. The first-order chi connectivity index (χ1) is 19.1. The lowest BCUT2D eigenvalue weighted by atomic mass is 10.1. The Morgan fingerprint density at radius 3 is 2.33 bits per heavy atom. The second-order valence-corrected chi connectivity index (χ2v) is 10.2. The zero-order valence-corrected chi connectivity index (χ0v) is 22.6. The number of aromatic nitrogens is 1. The molecule has 0 spiro atoms. The van der Waals surface area contributed by atoms with E-state index in [2.05, 4.69) is 5.32 Å². The van der Waals surface area contributed by atoms with Crippen LogP contribution >= 0.6 is 0 Å². The smallest absolute Gasteiger partial charge is 0.393 e. The van der Waals surface area contributed by atoms with Gasteiger partial charge in [-0.05, 0) is 47.9 Å². The first kappa shape index (κ1) is 29.3. The average molecular weight is 570 g/mol. The quantitative estimate of drug-likeness (QED) is 0.170. The van der Waals surface area contributed by atoms with Crippen LogP contribution in [0.3, 0.4) is 0 Å². The summed E-state index contributed by atoms with van der Waals surface area (Å²) in [6, 6.07) is 24.0. The number of halogens is 3. The zero-order valence-electron chi connectivity index (χ0n) is 21.7. The molecule has 0 bridgehead atoms. The normalized spacial score (nSPS) is 12.3. The molecule has 1 atom stereocenters. The van der Waals surface area contributed by atoms with Crippen molar-refractivity contribution in [1.82, 2.24) is 4.57 Å². The van der Waals surface area contributed by atoms with Gasteiger partial charge in [-0.15, -0.1) is 0 Å². The van der Waals surface area contributed by atoms with Gasteiger partial charge < -0.3 is 19.2 Å². The van der Waals surface area contributed by atoms with Gasteiger partial charge in [-0.25, -0.2) is 0 Å². The molecule has 1 heterocycles. The molecule has 0 radical (unpaired) electrons. The second kappa shape index (κ2) is 13.1. The third kappa shape index (κ3) is 7.91. The minimum atomic E-state index is -4.40. The van der Waals surface area contributed by atoms with Crippen LogP contribution in [0.2, 0.25) is 0 Å². The fourth-order valence-corrected chi connectivity index (χ4v) is 4.94. The number of amides is 1. The number of nitrogens with zero attached hydrogens (tertiary/aromatic N) is 1. The standard InChI is InChI=1S/C30H29F3N2O4S/c1-21-27(29(36)34-25-13-11-23(12-14-25)20-40(37)38)17-26(15-16-39-19-22-7-3-2-4-8-22)35(21)28-10-6-5-9-24(28)18-30(31,32)33/h2-14,17H,15-16,18-20H2,1H3,(H,34,36)(H,37,38)/p-1. The molecule has 1 amide bonds. The van der Waals surface area contributed by atoms with E-state index in [4.69, 9.17) is 4.74 Å². The molecule has 0 aliphatic carbocycles. The lowest BCUT2D eigenvalue weighted by molar-refractivity contribution is -0.127. The minimum absolute atomic E-state index is 0.0958. The van der Waals surface area contributed by atoms with Crippen LogP contribution in [0, 0.1) is 6.92 Å². The first-order valence-corrected chi connectivity index (χ1v) is 13.8. The van der Waals surface area contributed by atoms with E-state index in [9.17, 15) is 26.7 Å². The largest absolute Gasteiger partial charge is 0.772 e. The Labute approximate surface area is 233 Å². The number of nitrogens with one attached hydrogen (secondary N) is 1. The fourth-order valence-electron chi connectivity index (χ4n) is 4.47. The van der Waals surface area contributed by atoms with Crippen molar-refractivity contribution in [2.75, 3.05) is 11.9 Å². The zero-order chi connectivity index (χ0) is 28.7. The number of hydrogen-bond donors (Lipinski definition) is 1. The van der Waals surface area contributed by atoms with E-state index < -0.39 is 29.6 Å². The fraction of sp³-hybridized carbons (Fsp3) is 0.233. The van der Waals surface area contributed by atoms with Crippen LogP contribution in [-0.2, 0) is 41.0 Å². The van der Waals surface area contributed by atoms with Gasteiger partial charge in [-0.2, -0.15) is 13.2 Å². The van der Waals surface area contributed by atoms with E-state index in [0.29, 0.717) is 53.5 Å². The van der Waals surface area contributed by atoms with Crippen molar-refractivity contribution in [3.63, 3.8) is 0 Å². The maximum absolute atomic E-state index is 13.4. The van der Waals surface area contributed by atoms with Crippen molar-refractivity contribution in [2.24, 2.45) is 0 Å². The molecule has 0 saturated carbocycles. The predicted octanol–water partition coefficient (Wildman–Crippen LogP) is 6.28. The van der Waals surface area contributed by atoms with E-state index >= 15 is 0 Å². The van der Waals surface area contributed by atoms with Crippen molar-refractivity contribution >= 4 is 22.7 Å². The molecular weight excluding hydrogens is 541 g/mol. The van der Waals surface area contributed by atoms with Crippen LogP contribution in [0.1, 0.15) is 38.4 Å². The molecule has 10 heteroatoms. The molecule has 210 valence electrons. The van der Waals surface area contributed by atoms with Gasteiger partial charge in [-0.3, -0.25) is 9.00 Å². The van der Waals surface area contributed by atoms with Crippen molar-refractivity contribution in [1.29, 1.82) is 0 Å². The second-order valence-electron chi connectivity index (χ2n) is 9.28. The molecule has 4 rings (SSSR count). The predicted molar refractivity (Wildman–Crippen MR) is 147 cm³/mol. The number of alkyl halides is 3. The third-order valence-electron chi connectivity index (χ3n) is 6.30. The van der Waals surface area contributed by atoms with Gasteiger partial charge in [0.25, 0.3) is 5.91 Å². The van der Waals surface area contributed by atoms with Crippen LogP contribution in [0.4, 0.5) is 18.9 Å². The molecule has 1 N–H and O–H groups in total. The molecule has 40 heavy (non-hydrogen) atoms. The van der Waals surface area contributed by atoms with E-state index in [1.54, 1.807) is 60.0 Å². The Morgan fingerprint density at radius 2 is 1.65 bits per heavy atom. The number of hydrogen-bond acceptors (Lipinski definition) is 4. The number of rotatable bonds is 11. The van der Waals surface area contributed by atoms with Gasteiger partial charge in [0.1, 0.15) is 0 Å². The Hall–Kier alpha value is -3.73. The summed E-state index contributed by atoms with van der Waals surface area (Å²) in [5.41, 5.74) is 3.92. The number of carbonyl (C=O) groups excluding carboxylic acids is 1. The molecule has 0 aliphatic heterocycles. The van der Waals surface area contributed by atoms with Crippen molar-refractivity contribution in [3.8, 4) is 5.69 Å². The van der Waals surface area contributed by atoms with E-state index in [1.165, 1.54) is 6.07 Å². The van der Waals surface area contributed by atoms with Gasteiger partial charge in [0.05, 0.1) is 25.2 Å². The van der Waals surface area contributed by atoms with E-state index in [1.807, 2.05) is 30.3 Å². The maximum Gasteiger partial charge on any atom is 0.393 e. The summed E-state index contributed by atoms with van der Waals surface area (Å²) in [4.78, 5) is 13.3. The van der Waals surface area contributed by atoms with E-state index in [0.717, 1.165) is 5.56 Å². The Balaban J connectivity index is 1.62. The Bertz CT molecular complexity index is 1470. The summed E-state index contributed by atoms with van der Waals surface area (Å²) in [7, 11) is 0. The summed E-state index contributed by atoms with van der Waals surface area (Å²) in [5, 5.41) is 2.80. The molecular formula is C30H28F3N2O4S-. The van der Waals surface area contributed by atoms with Gasteiger partial charge >= 0.3 is 6.18 Å². The lowest BCUT2D eigenvalue weighted by Crippen LogP contribution is -2.16. The number of para-hydroxylation sites is 1. The van der Waals surface area contributed by atoms with Crippen LogP contribution in [0.5, 0.6) is 0 Å². The highest BCUT2D eigenvalue weighted by molar-refractivity contribution is 7.78. The highest BCUT2D eigenvalue weighted by Gasteiger charge is 2.30. The number of carbonyl (C=O) groups is 1. The van der Waals surface area contributed by atoms with E-state index in [-0.39, 0.29) is 11.3 Å². The lowest BCUT2D eigenvalue weighted by Gasteiger charge is -2.17. The average Bonchev–Trinajstić information content (AvgIpc) is 3.23. The Kier molecular flexibility index (Phi) is 9.57. The molecule has 0 fully saturated rings. The Morgan fingerprint density at radius 1 is 0.975 bits per heavy atom. The van der Waals surface area contributed by atoms with Crippen LogP contribution in [0.25, 0.3) is 5.69 Å². The molecule has 4 aromatic rings. The summed E-state index contributed by atoms with van der Waals surface area (Å²) < 4.78 is 69.6. The molecule has 1 aromatic heterocycles. The van der Waals surface area contributed by atoms with Gasteiger partial charge in [0.2, 0.25) is 0 Å². The summed E-state index contributed by atoms with van der Waals surface area (Å²) >= 11 is -2.23. The topological polar surface area (TPSA) is 83.4 Å². The van der Waals surface area contributed by atoms with Gasteiger partial charge in [-0.1, -0.05) is 71.7 Å². The molecule has 6 nitrogen and oxygen atoms in total. The highest BCUT2D eigenvalue weighted by atomic mass is 32.2. The molecule has 1 unspecified atom stereocenters. The molecule has 0 aliphatic rings. The summed E-state index contributed by atoms with van der Waals surface area (Å²) in [6.45, 7) is 2.37. The number of benzene rings is 3. The summed E-state index contributed by atoms with van der Waals surface area (Å²) in [6.07, 6.45) is -5.14. The van der Waals surface area contributed by atoms with Crippen molar-refractivity contribution in [3.05, 3.63) is 119 Å². The van der Waals surface area contributed by atoms with Crippen LogP contribution < -0.4 is 5.32 Å². The maximum atomic E-state index is 13.4. The van der Waals surface area contributed by atoms with Crippen LogP contribution in [0.15, 0.2) is 84.9 Å². The van der Waals surface area contributed by atoms with Crippen molar-refractivity contribution in [2.45, 2.75) is 38.3 Å². The summed E-state index contributed by atoms with van der Waals surface area (Å²) in [5.74, 6) is -0.570. The van der Waals surface area contributed by atoms with Crippen LogP contribution in [-0.4, -0.2) is 32.0 Å².